The van der Waals surface area contributed by atoms with Crippen molar-refractivity contribution in [2.45, 2.75) is 32.0 Å². The van der Waals surface area contributed by atoms with Gasteiger partial charge in [0, 0.05) is 29.6 Å². The van der Waals surface area contributed by atoms with E-state index in [2.05, 4.69) is 5.32 Å². The zero-order valence-electron chi connectivity index (χ0n) is 17.9. The van der Waals surface area contributed by atoms with Crippen LogP contribution in [0, 0.1) is 5.82 Å². The molecule has 0 radical (unpaired) electrons. The molecule has 1 aliphatic rings. The Labute approximate surface area is 196 Å². The molecule has 2 N–H and O–H groups in total. The summed E-state index contributed by atoms with van der Waals surface area (Å²) in [5.41, 5.74) is 1.13. The Kier molecular flexibility index (Phi) is 8.39. The highest BCUT2D eigenvalue weighted by Crippen LogP contribution is 2.33. The van der Waals surface area contributed by atoms with Crippen molar-refractivity contribution in [2.24, 2.45) is 0 Å². The maximum atomic E-state index is 14.3. The van der Waals surface area contributed by atoms with E-state index in [4.69, 9.17) is 16.3 Å². The molecule has 0 fully saturated rings. The summed E-state index contributed by atoms with van der Waals surface area (Å²) in [5, 5.41) is 13.7. The van der Waals surface area contributed by atoms with Crippen molar-refractivity contribution in [1.82, 2.24) is 10.2 Å². The summed E-state index contributed by atoms with van der Waals surface area (Å²) in [6.45, 7) is 2.30. The summed E-state index contributed by atoms with van der Waals surface area (Å²) in [6.07, 6.45) is 1.20. The van der Waals surface area contributed by atoms with Crippen LogP contribution in [-0.4, -0.2) is 53.0 Å². The average molecular weight is 481 g/mol. The molecule has 1 aliphatic heterocycles. The molecule has 0 bridgehead atoms. The van der Waals surface area contributed by atoms with Crippen LogP contribution in [0.15, 0.2) is 36.4 Å². The maximum absolute atomic E-state index is 14.3. The number of carbonyl (C=O) groups is 2. The Morgan fingerprint density at radius 3 is 2.81 bits per heavy atom. The summed E-state index contributed by atoms with van der Waals surface area (Å²) in [7, 11) is 0. The van der Waals surface area contributed by atoms with Gasteiger partial charge >= 0.3 is 0 Å². The van der Waals surface area contributed by atoms with Gasteiger partial charge in [-0.05, 0) is 48.3 Å². The van der Waals surface area contributed by atoms with Gasteiger partial charge in [0.1, 0.15) is 30.3 Å². The largest absolute Gasteiger partial charge is 0.491 e. The third kappa shape index (κ3) is 5.74. The number of carbonyl (C=O) groups excluding carboxylic acids is 2. The van der Waals surface area contributed by atoms with E-state index in [1.807, 2.05) is 6.26 Å². The number of amides is 2. The van der Waals surface area contributed by atoms with E-state index in [0.717, 1.165) is 5.75 Å². The highest BCUT2D eigenvalue weighted by Gasteiger charge is 2.28. The van der Waals surface area contributed by atoms with Crippen molar-refractivity contribution >= 4 is 35.2 Å². The maximum Gasteiger partial charge on any atom is 0.245 e. The van der Waals surface area contributed by atoms with Gasteiger partial charge in [0.15, 0.2) is 0 Å². The number of rotatable bonds is 7. The predicted molar refractivity (Wildman–Crippen MR) is 123 cm³/mol. The Morgan fingerprint density at radius 2 is 2.12 bits per heavy atom. The lowest BCUT2D eigenvalue weighted by atomic mass is 9.98. The zero-order valence-corrected chi connectivity index (χ0v) is 19.5. The molecule has 3 rings (SSSR count). The van der Waals surface area contributed by atoms with Gasteiger partial charge in [-0.25, -0.2) is 4.39 Å². The Balaban J connectivity index is 1.86. The normalized spacial score (nSPS) is 15.2. The topological polar surface area (TPSA) is 78.9 Å². The van der Waals surface area contributed by atoms with Gasteiger partial charge in [-0.15, -0.1) is 0 Å². The molecule has 0 aromatic heterocycles. The molecule has 1 unspecified atom stereocenters. The molecule has 172 valence electrons. The van der Waals surface area contributed by atoms with Gasteiger partial charge in [-0.2, -0.15) is 11.8 Å². The zero-order chi connectivity index (χ0) is 23.3. The molecular weight excluding hydrogens is 455 g/mol. The summed E-state index contributed by atoms with van der Waals surface area (Å²) < 4.78 is 20.1. The third-order valence-electron chi connectivity index (χ3n) is 5.25. The second kappa shape index (κ2) is 11.0. The lowest BCUT2D eigenvalue weighted by Crippen LogP contribution is -2.48. The van der Waals surface area contributed by atoms with Gasteiger partial charge < -0.3 is 20.1 Å². The molecule has 0 spiro atoms. The fourth-order valence-corrected chi connectivity index (χ4v) is 4.41. The number of aliphatic hydroxyl groups excluding tert-OH is 1. The van der Waals surface area contributed by atoms with Crippen LogP contribution in [0.1, 0.15) is 36.1 Å². The molecule has 9 heteroatoms. The SMILES string of the molecule is CSCC[C@H](NC(C)=O)C(=O)N1CCOc2ccc(C(O)c3c(F)cccc3Cl)cc2C1. The molecule has 2 aromatic carbocycles. The number of hydrogen-bond acceptors (Lipinski definition) is 5. The van der Waals surface area contributed by atoms with Crippen LogP contribution in [0.4, 0.5) is 4.39 Å². The van der Waals surface area contributed by atoms with Gasteiger partial charge in [0.2, 0.25) is 11.8 Å². The first-order valence-electron chi connectivity index (χ1n) is 10.2. The second-order valence-electron chi connectivity index (χ2n) is 7.55. The number of ether oxygens (including phenoxy) is 1. The van der Waals surface area contributed by atoms with Crippen LogP contribution < -0.4 is 10.1 Å². The van der Waals surface area contributed by atoms with Crippen molar-refractivity contribution in [1.29, 1.82) is 0 Å². The molecule has 0 aliphatic carbocycles. The number of halogens is 2. The highest BCUT2D eigenvalue weighted by molar-refractivity contribution is 7.98. The first-order chi connectivity index (χ1) is 15.3. The number of fused-ring (bicyclic) bond motifs is 1. The molecule has 2 amide bonds. The number of nitrogens with zero attached hydrogens (tertiary/aromatic N) is 1. The van der Waals surface area contributed by atoms with E-state index in [0.29, 0.717) is 36.4 Å². The van der Waals surface area contributed by atoms with Crippen molar-refractivity contribution in [3.63, 3.8) is 0 Å². The van der Waals surface area contributed by atoms with Crippen molar-refractivity contribution in [2.75, 3.05) is 25.2 Å². The Hall–Kier alpha value is -2.29. The van der Waals surface area contributed by atoms with E-state index in [-0.39, 0.29) is 28.9 Å². The minimum Gasteiger partial charge on any atom is -0.491 e. The molecule has 2 aromatic rings. The number of hydrogen-bond donors (Lipinski definition) is 2. The number of benzene rings is 2. The van der Waals surface area contributed by atoms with E-state index in [9.17, 15) is 19.1 Å². The van der Waals surface area contributed by atoms with Crippen molar-refractivity contribution < 1.29 is 23.8 Å². The minimum atomic E-state index is -1.27. The lowest BCUT2D eigenvalue weighted by molar-refractivity contribution is -0.136. The predicted octanol–water partition coefficient (Wildman–Crippen LogP) is 3.54. The number of thioether (sulfide) groups is 1. The molecule has 32 heavy (non-hydrogen) atoms. The van der Waals surface area contributed by atoms with Crippen LogP contribution in [0.3, 0.4) is 0 Å². The van der Waals surface area contributed by atoms with Gasteiger partial charge in [0.05, 0.1) is 6.54 Å². The highest BCUT2D eigenvalue weighted by atomic mass is 35.5. The summed E-state index contributed by atoms with van der Waals surface area (Å²) in [6, 6.07) is 8.68. The first kappa shape index (κ1) is 24.4. The van der Waals surface area contributed by atoms with E-state index < -0.39 is 18.0 Å². The molecular formula is C23H26ClFN2O4S. The van der Waals surface area contributed by atoms with Crippen LogP contribution in [-0.2, 0) is 16.1 Å². The smallest absolute Gasteiger partial charge is 0.245 e. The lowest BCUT2D eigenvalue weighted by Gasteiger charge is -2.26. The fourth-order valence-electron chi connectivity index (χ4n) is 3.67. The van der Waals surface area contributed by atoms with Crippen LogP contribution in [0.25, 0.3) is 0 Å². The van der Waals surface area contributed by atoms with Crippen LogP contribution in [0.5, 0.6) is 5.75 Å². The third-order valence-corrected chi connectivity index (χ3v) is 6.22. The van der Waals surface area contributed by atoms with Crippen molar-refractivity contribution in [3.05, 3.63) is 63.9 Å². The van der Waals surface area contributed by atoms with E-state index in [1.54, 1.807) is 34.9 Å². The Bertz CT molecular complexity index is 970. The molecule has 1 heterocycles. The Morgan fingerprint density at radius 1 is 1.34 bits per heavy atom. The average Bonchev–Trinajstić information content (AvgIpc) is 2.97. The molecule has 6 nitrogen and oxygen atoms in total. The summed E-state index contributed by atoms with van der Waals surface area (Å²) >= 11 is 7.72. The van der Waals surface area contributed by atoms with E-state index >= 15 is 0 Å². The van der Waals surface area contributed by atoms with Gasteiger partial charge in [0.25, 0.3) is 0 Å². The monoisotopic (exact) mass is 480 g/mol. The first-order valence-corrected chi connectivity index (χ1v) is 12.0. The van der Waals surface area contributed by atoms with Crippen LogP contribution in [0.2, 0.25) is 5.02 Å². The summed E-state index contributed by atoms with van der Waals surface area (Å²) in [5.74, 6) is 0.282. The van der Waals surface area contributed by atoms with Gasteiger partial charge in [-0.1, -0.05) is 23.7 Å². The van der Waals surface area contributed by atoms with Crippen molar-refractivity contribution in [3.8, 4) is 5.75 Å². The van der Waals surface area contributed by atoms with Crippen LogP contribution >= 0.6 is 23.4 Å². The number of aliphatic hydroxyl groups is 1. The second-order valence-corrected chi connectivity index (χ2v) is 8.94. The molecule has 0 saturated carbocycles. The summed E-state index contributed by atoms with van der Waals surface area (Å²) in [4.78, 5) is 26.4. The fraction of sp³-hybridized carbons (Fsp3) is 0.391. The van der Waals surface area contributed by atoms with E-state index in [1.165, 1.54) is 25.1 Å². The quantitative estimate of drug-likeness (QED) is 0.633. The van der Waals surface area contributed by atoms with Gasteiger partial charge in [-0.3, -0.25) is 9.59 Å². The standard InChI is InChI=1S/C23H26ClFN2O4S/c1-14(28)26-19(8-11-32-2)23(30)27-9-10-31-20-7-6-15(12-16(20)13-27)22(29)21-17(24)4-3-5-18(21)25/h3-7,12,19,22,29H,8-11,13H2,1-2H3,(H,26,28)/t19-,22?/m0/s1. The molecule has 0 saturated heterocycles. The molecule has 2 atom stereocenters. The number of nitrogens with one attached hydrogen (secondary N) is 1. The minimum absolute atomic E-state index is 0.000577.